The molecule has 0 bridgehead atoms. The second-order valence-electron chi connectivity index (χ2n) is 7.18. The van der Waals surface area contributed by atoms with Crippen molar-refractivity contribution in [2.24, 2.45) is 0 Å². The van der Waals surface area contributed by atoms with Gasteiger partial charge in [0.1, 0.15) is 0 Å². The second kappa shape index (κ2) is 8.20. The Morgan fingerprint density at radius 1 is 1.21 bits per heavy atom. The number of pyridine rings is 1. The molecule has 0 atom stereocenters. The Balaban J connectivity index is 1.52. The predicted molar refractivity (Wildman–Crippen MR) is 117 cm³/mol. The Morgan fingerprint density at radius 2 is 2.10 bits per heavy atom. The van der Waals surface area contributed by atoms with Crippen LogP contribution in [0, 0.1) is 18.9 Å². The number of rotatable bonds is 4. The van der Waals surface area contributed by atoms with Crippen molar-refractivity contribution in [2.75, 3.05) is 11.4 Å². The summed E-state index contributed by atoms with van der Waals surface area (Å²) >= 11 is 0. The van der Waals surface area contributed by atoms with Crippen molar-refractivity contribution in [3.8, 4) is 23.1 Å². The zero-order chi connectivity index (χ0) is 20.2. The van der Waals surface area contributed by atoms with E-state index in [0.29, 0.717) is 12.1 Å². The first-order chi connectivity index (χ1) is 14.2. The van der Waals surface area contributed by atoms with Gasteiger partial charge in [-0.2, -0.15) is 0 Å². The summed E-state index contributed by atoms with van der Waals surface area (Å²) in [5.74, 6) is 2.90. The zero-order valence-corrected chi connectivity index (χ0v) is 16.7. The topological polar surface area (TPSA) is 45.2 Å². The van der Waals surface area contributed by atoms with E-state index >= 15 is 0 Å². The highest BCUT2D eigenvalue weighted by molar-refractivity contribution is 5.95. The highest BCUT2D eigenvalue weighted by atomic mass is 16.1. The Labute approximate surface area is 171 Å². The van der Waals surface area contributed by atoms with Crippen LogP contribution in [0.2, 0.25) is 0 Å². The molecule has 0 radical (unpaired) electrons. The number of aryl methyl sites for hydroxylation is 1. The van der Waals surface area contributed by atoms with Gasteiger partial charge in [-0.1, -0.05) is 24.1 Å². The number of carbonyl (C=O) groups excluding carboxylic acids is 1. The first-order valence-corrected chi connectivity index (χ1v) is 9.76. The lowest BCUT2D eigenvalue weighted by Gasteiger charge is -2.13. The molecule has 1 N–H and O–H groups in total. The number of benzene rings is 2. The molecule has 1 amide bonds. The molecule has 0 aliphatic carbocycles. The highest BCUT2D eigenvalue weighted by Gasteiger charge is 2.18. The largest absolute Gasteiger partial charge is 0.348 e. The van der Waals surface area contributed by atoms with Crippen LogP contribution in [0.3, 0.4) is 0 Å². The van der Waals surface area contributed by atoms with Crippen LogP contribution in [0.5, 0.6) is 0 Å². The molecule has 2 aromatic carbocycles. The molecule has 0 saturated heterocycles. The van der Waals surface area contributed by atoms with Crippen LogP contribution in [0.4, 0.5) is 5.69 Å². The molecule has 0 fully saturated rings. The van der Waals surface area contributed by atoms with Crippen LogP contribution in [-0.2, 0) is 13.0 Å². The molecule has 0 spiro atoms. The molecular weight excluding hydrogens is 358 g/mol. The Bertz CT molecular complexity index is 1110. The van der Waals surface area contributed by atoms with E-state index in [1.165, 1.54) is 16.8 Å². The van der Waals surface area contributed by atoms with Gasteiger partial charge >= 0.3 is 0 Å². The van der Waals surface area contributed by atoms with Crippen molar-refractivity contribution >= 4 is 11.6 Å². The number of nitrogens with one attached hydrogen (secondary N) is 1. The van der Waals surface area contributed by atoms with Gasteiger partial charge in [0.2, 0.25) is 0 Å². The second-order valence-corrected chi connectivity index (χ2v) is 7.18. The average molecular weight is 381 g/mol. The van der Waals surface area contributed by atoms with Gasteiger partial charge in [-0.15, -0.1) is 0 Å². The fraction of sp³-hybridized carbons (Fsp3) is 0.200. The molecular formula is C25H23N3O. The van der Waals surface area contributed by atoms with Gasteiger partial charge in [-0.05, 0) is 78.4 Å². The van der Waals surface area contributed by atoms with Gasteiger partial charge in [0.15, 0.2) is 0 Å². The van der Waals surface area contributed by atoms with E-state index in [2.05, 4.69) is 52.3 Å². The fourth-order valence-corrected chi connectivity index (χ4v) is 3.74. The number of fused-ring (bicyclic) bond motifs is 1. The number of aromatic nitrogens is 1. The lowest BCUT2D eigenvalue weighted by atomic mass is 9.96. The van der Waals surface area contributed by atoms with Crippen molar-refractivity contribution in [2.45, 2.75) is 26.8 Å². The third-order valence-electron chi connectivity index (χ3n) is 5.20. The molecule has 0 saturated carbocycles. The van der Waals surface area contributed by atoms with Gasteiger partial charge < -0.3 is 10.2 Å². The molecule has 3 aromatic rings. The van der Waals surface area contributed by atoms with E-state index in [1.54, 1.807) is 12.4 Å². The van der Waals surface area contributed by atoms with Gasteiger partial charge in [-0.3, -0.25) is 9.78 Å². The molecule has 4 nitrogen and oxygen atoms in total. The summed E-state index contributed by atoms with van der Waals surface area (Å²) in [6.45, 7) is 5.32. The van der Waals surface area contributed by atoms with E-state index < -0.39 is 0 Å². The van der Waals surface area contributed by atoms with Gasteiger partial charge in [0, 0.05) is 37.1 Å². The molecule has 1 aliphatic rings. The van der Waals surface area contributed by atoms with Crippen molar-refractivity contribution in [1.82, 2.24) is 10.3 Å². The summed E-state index contributed by atoms with van der Waals surface area (Å²) in [6.07, 6.45) is 4.49. The minimum Gasteiger partial charge on any atom is -0.348 e. The maximum Gasteiger partial charge on any atom is 0.251 e. The van der Waals surface area contributed by atoms with Crippen LogP contribution in [0.25, 0.3) is 11.1 Å². The number of carbonyl (C=O) groups is 1. The summed E-state index contributed by atoms with van der Waals surface area (Å²) in [5.41, 5.74) is 7.58. The summed E-state index contributed by atoms with van der Waals surface area (Å²) < 4.78 is 0. The Morgan fingerprint density at radius 3 is 2.86 bits per heavy atom. The highest BCUT2D eigenvalue weighted by Crippen LogP contribution is 2.33. The van der Waals surface area contributed by atoms with E-state index in [0.717, 1.165) is 29.7 Å². The van der Waals surface area contributed by atoms with Gasteiger partial charge in [-0.25, -0.2) is 0 Å². The van der Waals surface area contributed by atoms with Crippen LogP contribution >= 0.6 is 0 Å². The molecule has 29 heavy (non-hydrogen) atoms. The summed E-state index contributed by atoms with van der Waals surface area (Å²) in [4.78, 5) is 18.7. The normalized spacial score (nSPS) is 12.1. The third-order valence-corrected chi connectivity index (χ3v) is 5.20. The zero-order valence-electron chi connectivity index (χ0n) is 16.7. The lowest BCUT2D eigenvalue weighted by molar-refractivity contribution is 0.0951. The summed E-state index contributed by atoms with van der Waals surface area (Å²) in [5, 5.41) is 2.96. The molecule has 144 valence electrons. The van der Waals surface area contributed by atoms with Crippen LogP contribution < -0.4 is 10.2 Å². The average Bonchev–Trinajstić information content (AvgIpc) is 3.15. The molecule has 1 aromatic heterocycles. The van der Waals surface area contributed by atoms with Gasteiger partial charge in [0.05, 0.1) is 5.69 Å². The Kier molecular flexibility index (Phi) is 5.31. The minimum atomic E-state index is -0.0776. The monoisotopic (exact) mass is 381 g/mol. The molecule has 4 heteroatoms. The van der Waals surface area contributed by atoms with E-state index in [4.69, 9.17) is 0 Å². The molecule has 1 aliphatic heterocycles. The molecule has 4 rings (SSSR count). The summed E-state index contributed by atoms with van der Waals surface area (Å²) in [7, 11) is 0. The smallest absolute Gasteiger partial charge is 0.251 e. The van der Waals surface area contributed by atoms with E-state index in [9.17, 15) is 4.79 Å². The Hall–Kier alpha value is -3.58. The summed E-state index contributed by atoms with van der Waals surface area (Å²) in [6, 6.07) is 19.4. The molecule has 0 unspecified atom stereocenters. The van der Waals surface area contributed by atoms with Crippen LogP contribution in [0.1, 0.15) is 34.0 Å². The quantitative estimate of drug-likeness (QED) is 0.684. The van der Waals surface area contributed by atoms with Crippen LogP contribution in [0.15, 0.2) is 60.9 Å². The lowest BCUT2D eigenvalue weighted by Crippen LogP contribution is -2.22. The third kappa shape index (κ3) is 4.00. The van der Waals surface area contributed by atoms with Crippen molar-refractivity contribution in [3.05, 3.63) is 83.2 Å². The SMILES string of the molecule is CC#CN1CCc2cc(-c3ccc(C(=O)NCc4cccnc4)cc3C)ccc21. The number of nitrogens with zero attached hydrogens (tertiary/aromatic N) is 2. The standard InChI is InChI=1S/C25H23N3O/c1-3-12-28-13-10-21-15-20(7-9-24(21)28)23-8-6-22(14-18(23)2)25(29)27-17-19-5-4-11-26-16-19/h4-9,11,14-16H,10,13,17H2,1-2H3,(H,27,29). The number of hydrogen-bond acceptors (Lipinski definition) is 3. The number of amides is 1. The maximum absolute atomic E-state index is 12.5. The van der Waals surface area contributed by atoms with E-state index in [-0.39, 0.29) is 5.91 Å². The van der Waals surface area contributed by atoms with Gasteiger partial charge in [0.25, 0.3) is 5.91 Å². The van der Waals surface area contributed by atoms with Crippen LogP contribution in [-0.4, -0.2) is 17.4 Å². The predicted octanol–water partition coefficient (Wildman–Crippen LogP) is 4.33. The van der Waals surface area contributed by atoms with Crippen molar-refractivity contribution in [3.63, 3.8) is 0 Å². The minimum absolute atomic E-state index is 0.0776. The van der Waals surface area contributed by atoms with Crippen molar-refractivity contribution in [1.29, 1.82) is 0 Å². The van der Waals surface area contributed by atoms with E-state index in [1.807, 2.05) is 37.3 Å². The number of hydrogen-bond donors (Lipinski definition) is 1. The first kappa shape index (κ1) is 18.8. The fourth-order valence-electron chi connectivity index (χ4n) is 3.74. The van der Waals surface area contributed by atoms with Crippen molar-refractivity contribution < 1.29 is 4.79 Å². The maximum atomic E-state index is 12.5. The first-order valence-electron chi connectivity index (χ1n) is 9.76. The molecule has 2 heterocycles. The number of anilines is 1.